The lowest BCUT2D eigenvalue weighted by Gasteiger charge is -2.08. The van der Waals surface area contributed by atoms with Crippen LogP contribution in [0.1, 0.15) is 30.8 Å². The van der Waals surface area contributed by atoms with Gasteiger partial charge < -0.3 is 5.32 Å². The van der Waals surface area contributed by atoms with E-state index in [1.807, 2.05) is 37.6 Å². The van der Waals surface area contributed by atoms with Crippen molar-refractivity contribution in [2.24, 2.45) is 0 Å². The largest absolute Gasteiger partial charge is 0.369 e. The Balaban J connectivity index is 2.56. The van der Waals surface area contributed by atoms with E-state index in [0.717, 1.165) is 35.7 Å². The van der Waals surface area contributed by atoms with Gasteiger partial charge in [0, 0.05) is 24.3 Å². The minimum Gasteiger partial charge on any atom is -0.369 e. The summed E-state index contributed by atoms with van der Waals surface area (Å²) in [5.41, 5.74) is 4.53. The van der Waals surface area contributed by atoms with Crippen LogP contribution in [0, 0.1) is 25.2 Å². The number of aryl methyl sites for hydroxylation is 2. The van der Waals surface area contributed by atoms with E-state index in [4.69, 9.17) is 5.26 Å². The van der Waals surface area contributed by atoms with Crippen molar-refractivity contribution in [1.82, 2.24) is 14.8 Å². The summed E-state index contributed by atoms with van der Waals surface area (Å²) in [4.78, 5) is 4.59. The second kappa shape index (κ2) is 5.74. The van der Waals surface area contributed by atoms with Crippen molar-refractivity contribution in [2.45, 2.75) is 34.2 Å². The van der Waals surface area contributed by atoms with Gasteiger partial charge in [0.1, 0.15) is 11.9 Å². The molecule has 0 spiro atoms. The maximum atomic E-state index is 9.11. The van der Waals surface area contributed by atoms with Crippen molar-refractivity contribution in [2.75, 3.05) is 11.9 Å². The smallest absolute Gasteiger partial charge is 0.144 e. The maximum Gasteiger partial charge on any atom is 0.144 e. The van der Waals surface area contributed by atoms with Crippen LogP contribution in [0.15, 0.2) is 12.1 Å². The van der Waals surface area contributed by atoms with E-state index in [1.165, 1.54) is 0 Å². The number of anilines is 1. The molecule has 5 nitrogen and oxygen atoms in total. The topological polar surface area (TPSA) is 66.5 Å². The monoisotopic (exact) mass is 269 g/mol. The second-order valence-electron chi connectivity index (χ2n) is 4.60. The molecule has 0 atom stereocenters. The van der Waals surface area contributed by atoms with Gasteiger partial charge in [0.25, 0.3) is 0 Å². The molecule has 0 unspecified atom stereocenters. The van der Waals surface area contributed by atoms with Crippen LogP contribution in [0.25, 0.3) is 11.3 Å². The highest BCUT2D eigenvalue weighted by Crippen LogP contribution is 2.27. The summed E-state index contributed by atoms with van der Waals surface area (Å²) in [6.45, 7) is 9.66. The lowest BCUT2D eigenvalue weighted by Crippen LogP contribution is -2.03. The molecule has 0 radical (unpaired) electrons. The fourth-order valence-electron chi connectivity index (χ4n) is 2.37. The Hall–Kier alpha value is -2.35. The van der Waals surface area contributed by atoms with Gasteiger partial charge in [-0.15, -0.1) is 0 Å². The Morgan fingerprint density at radius 2 is 2.05 bits per heavy atom. The first kappa shape index (κ1) is 14.1. The molecule has 0 aliphatic heterocycles. The Bertz CT molecular complexity index is 664. The number of nitrogens with zero attached hydrogens (tertiary/aromatic N) is 4. The molecule has 5 heteroatoms. The molecule has 0 saturated heterocycles. The average molecular weight is 269 g/mol. The number of hydrogen-bond donors (Lipinski definition) is 1. The number of nitrogens with one attached hydrogen (secondary N) is 1. The van der Waals surface area contributed by atoms with Gasteiger partial charge in [-0.1, -0.05) is 0 Å². The molecular weight excluding hydrogens is 250 g/mol. The molecule has 2 aromatic heterocycles. The predicted octanol–water partition coefficient (Wildman–Crippen LogP) is 2.89. The van der Waals surface area contributed by atoms with Crippen molar-refractivity contribution in [3.05, 3.63) is 29.1 Å². The zero-order valence-corrected chi connectivity index (χ0v) is 12.4. The molecule has 0 aliphatic rings. The van der Waals surface area contributed by atoms with Gasteiger partial charge in [-0.3, -0.25) is 4.68 Å². The first-order valence-electron chi connectivity index (χ1n) is 6.81. The number of hydrogen-bond acceptors (Lipinski definition) is 4. The summed E-state index contributed by atoms with van der Waals surface area (Å²) >= 11 is 0. The normalized spacial score (nSPS) is 10.3. The van der Waals surface area contributed by atoms with Gasteiger partial charge in [-0.25, -0.2) is 4.98 Å². The fraction of sp³-hybridized carbons (Fsp3) is 0.400. The zero-order chi connectivity index (χ0) is 14.7. The summed E-state index contributed by atoms with van der Waals surface area (Å²) in [5.74, 6) is 0.635. The van der Waals surface area contributed by atoms with Crippen molar-refractivity contribution in [1.29, 1.82) is 5.26 Å². The predicted molar refractivity (Wildman–Crippen MR) is 79.5 cm³/mol. The third kappa shape index (κ3) is 2.37. The summed E-state index contributed by atoms with van der Waals surface area (Å²) < 4.78 is 1.97. The minimum atomic E-state index is 0.564. The van der Waals surface area contributed by atoms with E-state index in [0.29, 0.717) is 11.4 Å². The SMILES string of the molecule is CCNc1nc(-c2c(C)nn(CC)c2C)ccc1C#N. The third-order valence-electron chi connectivity index (χ3n) is 3.30. The molecule has 2 aromatic rings. The Morgan fingerprint density at radius 3 is 2.60 bits per heavy atom. The van der Waals surface area contributed by atoms with E-state index in [9.17, 15) is 0 Å². The van der Waals surface area contributed by atoms with Crippen molar-refractivity contribution in [3.63, 3.8) is 0 Å². The van der Waals surface area contributed by atoms with E-state index in [1.54, 1.807) is 0 Å². The highest BCUT2D eigenvalue weighted by Gasteiger charge is 2.15. The lowest BCUT2D eigenvalue weighted by molar-refractivity contribution is 0.634. The van der Waals surface area contributed by atoms with Crippen molar-refractivity contribution in [3.8, 4) is 17.3 Å². The van der Waals surface area contributed by atoms with Crippen molar-refractivity contribution >= 4 is 5.82 Å². The van der Waals surface area contributed by atoms with Gasteiger partial charge in [0.2, 0.25) is 0 Å². The van der Waals surface area contributed by atoms with E-state index >= 15 is 0 Å². The Labute approximate surface area is 119 Å². The summed E-state index contributed by atoms with van der Waals surface area (Å²) in [6.07, 6.45) is 0. The van der Waals surface area contributed by atoms with E-state index in [2.05, 4.69) is 28.4 Å². The molecule has 1 N–H and O–H groups in total. The summed E-state index contributed by atoms with van der Waals surface area (Å²) in [7, 11) is 0. The molecule has 0 saturated carbocycles. The number of aromatic nitrogens is 3. The van der Waals surface area contributed by atoms with Gasteiger partial charge >= 0.3 is 0 Å². The van der Waals surface area contributed by atoms with Crippen LogP contribution in [-0.2, 0) is 6.54 Å². The van der Waals surface area contributed by atoms with Crippen LogP contribution in [0.5, 0.6) is 0 Å². The maximum absolute atomic E-state index is 9.11. The number of nitriles is 1. The first-order valence-corrected chi connectivity index (χ1v) is 6.81. The molecule has 0 amide bonds. The van der Waals surface area contributed by atoms with Crippen LogP contribution < -0.4 is 5.32 Å². The quantitative estimate of drug-likeness (QED) is 0.926. The molecule has 0 aliphatic carbocycles. The molecule has 20 heavy (non-hydrogen) atoms. The van der Waals surface area contributed by atoms with Gasteiger partial charge in [-0.05, 0) is 39.8 Å². The molecule has 104 valence electrons. The van der Waals surface area contributed by atoms with Crippen molar-refractivity contribution < 1.29 is 0 Å². The van der Waals surface area contributed by atoms with Gasteiger partial charge in [0.15, 0.2) is 0 Å². The van der Waals surface area contributed by atoms with Crippen LogP contribution in [0.2, 0.25) is 0 Å². The molecule has 0 aromatic carbocycles. The Kier molecular flexibility index (Phi) is 4.04. The van der Waals surface area contributed by atoms with E-state index < -0.39 is 0 Å². The van der Waals surface area contributed by atoms with Crippen LogP contribution in [-0.4, -0.2) is 21.3 Å². The molecule has 0 fully saturated rings. The second-order valence-corrected chi connectivity index (χ2v) is 4.60. The lowest BCUT2D eigenvalue weighted by atomic mass is 10.1. The highest BCUT2D eigenvalue weighted by molar-refractivity contribution is 5.68. The first-order chi connectivity index (χ1) is 9.62. The molecule has 0 bridgehead atoms. The zero-order valence-electron chi connectivity index (χ0n) is 12.4. The standard InChI is InChI=1S/C15H19N5/c1-5-17-15-12(9-16)7-8-13(18-15)14-10(3)19-20(6-2)11(14)4/h7-8H,5-6H2,1-4H3,(H,17,18). The van der Waals surface area contributed by atoms with Crippen LogP contribution >= 0.6 is 0 Å². The van der Waals surface area contributed by atoms with Gasteiger partial charge in [-0.2, -0.15) is 10.4 Å². The number of pyridine rings is 1. The fourth-order valence-corrected chi connectivity index (χ4v) is 2.37. The molecule has 2 heterocycles. The average Bonchev–Trinajstić information content (AvgIpc) is 2.73. The summed E-state index contributed by atoms with van der Waals surface area (Å²) in [5, 5.41) is 16.8. The van der Waals surface area contributed by atoms with E-state index in [-0.39, 0.29) is 0 Å². The molecule has 2 rings (SSSR count). The van der Waals surface area contributed by atoms with Crippen LogP contribution in [0.3, 0.4) is 0 Å². The third-order valence-corrected chi connectivity index (χ3v) is 3.30. The summed E-state index contributed by atoms with van der Waals surface area (Å²) in [6, 6.07) is 5.85. The minimum absolute atomic E-state index is 0.564. The van der Waals surface area contributed by atoms with Gasteiger partial charge in [0.05, 0.1) is 17.0 Å². The van der Waals surface area contributed by atoms with Crippen LogP contribution in [0.4, 0.5) is 5.82 Å². The highest BCUT2D eigenvalue weighted by atomic mass is 15.3. The molecular formula is C15H19N5. The number of rotatable bonds is 4. The Morgan fingerprint density at radius 1 is 1.30 bits per heavy atom.